The number of benzene rings is 3. The Morgan fingerprint density at radius 1 is 1.23 bits per heavy atom. The molecule has 0 spiro atoms. The maximum absolute atomic E-state index is 10.7. The quantitative estimate of drug-likeness (QED) is 0.164. The van der Waals surface area contributed by atoms with Gasteiger partial charge in [-0.1, -0.05) is 18.2 Å². The molecule has 0 atom stereocenters. The van der Waals surface area contributed by atoms with Gasteiger partial charge in [0.05, 0.1) is 36.5 Å². The van der Waals surface area contributed by atoms with Crippen LogP contribution in [0.3, 0.4) is 0 Å². The Labute approximate surface area is 194 Å². The smallest absolute Gasteiger partial charge is 0.269 e. The van der Waals surface area contributed by atoms with Crippen molar-refractivity contribution in [3.05, 3.63) is 95.5 Å². The van der Waals surface area contributed by atoms with Crippen molar-refractivity contribution in [1.29, 1.82) is 5.26 Å². The predicted molar refractivity (Wildman–Crippen MR) is 127 cm³/mol. The lowest BCUT2D eigenvalue weighted by atomic mass is 10.1. The second kappa shape index (κ2) is 10.2. The van der Waals surface area contributed by atoms with Gasteiger partial charge in [-0.2, -0.15) is 10.4 Å². The third-order valence-corrected chi connectivity index (χ3v) is 5.41. The summed E-state index contributed by atoms with van der Waals surface area (Å²) in [6.07, 6.45) is 1.64. The van der Waals surface area contributed by atoms with Gasteiger partial charge < -0.3 is 4.74 Å². The molecule has 0 amide bonds. The number of nitriles is 1. The second-order valence-electron chi connectivity index (χ2n) is 6.05. The fourth-order valence-corrected chi connectivity index (χ4v) is 4.30. The molecule has 0 unspecified atom stereocenters. The largest absolute Gasteiger partial charge is 0.487 e. The minimum absolute atomic E-state index is 0.0241. The molecule has 7 nitrogen and oxygen atoms in total. The third kappa shape index (κ3) is 5.55. The predicted octanol–water partition coefficient (Wildman–Crippen LogP) is 5.86. The van der Waals surface area contributed by atoms with Crippen LogP contribution in [0.4, 0.5) is 11.4 Å². The van der Waals surface area contributed by atoms with Gasteiger partial charge in [0.2, 0.25) is 0 Å². The minimum atomic E-state index is -0.449. The van der Waals surface area contributed by atoms with Crippen LogP contribution in [0.5, 0.6) is 5.75 Å². The number of non-ortho nitro benzene ring substituents is 1. The van der Waals surface area contributed by atoms with Gasteiger partial charge in [0.15, 0.2) is 0 Å². The molecule has 9 heteroatoms. The minimum Gasteiger partial charge on any atom is -0.487 e. The Kier molecular flexibility index (Phi) is 7.37. The van der Waals surface area contributed by atoms with Crippen LogP contribution in [0.2, 0.25) is 0 Å². The maximum Gasteiger partial charge on any atom is 0.269 e. The van der Waals surface area contributed by atoms with E-state index in [1.807, 2.05) is 30.3 Å². The number of ether oxygens (including phenoxy) is 1. The molecule has 3 rings (SSSR count). The summed E-state index contributed by atoms with van der Waals surface area (Å²) in [6, 6.07) is 19.3. The molecule has 0 heterocycles. The zero-order chi connectivity index (χ0) is 21.5. The van der Waals surface area contributed by atoms with Crippen molar-refractivity contribution in [3.63, 3.8) is 0 Å². The number of anilines is 1. The molecule has 0 aliphatic rings. The summed E-state index contributed by atoms with van der Waals surface area (Å²) in [5, 5.41) is 24.1. The summed E-state index contributed by atoms with van der Waals surface area (Å²) in [6.45, 7) is 0.285. The van der Waals surface area contributed by atoms with E-state index in [9.17, 15) is 15.4 Å². The number of hydrogen-bond acceptors (Lipinski definition) is 6. The summed E-state index contributed by atoms with van der Waals surface area (Å²) in [5.41, 5.74) is 5.75. The van der Waals surface area contributed by atoms with Crippen molar-refractivity contribution < 1.29 is 9.66 Å². The highest BCUT2D eigenvalue weighted by atomic mass is 127. The van der Waals surface area contributed by atoms with E-state index < -0.39 is 4.92 Å². The Hall–Kier alpha value is -2.97. The molecule has 0 fully saturated rings. The first-order valence-corrected chi connectivity index (χ1v) is 10.5. The Morgan fingerprint density at radius 2 is 1.97 bits per heavy atom. The number of nitro groups is 1. The first kappa shape index (κ1) is 21.7. The normalized spacial score (nSPS) is 10.6. The monoisotopic (exact) mass is 576 g/mol. The van der Waals surface area contributed by atoms with Crippen LogP contribution in [0, 0.1) is 25.0 Å². The van der Waals surface area contributed by atoms with Gasteiger partial charge in [-0.15, -0.1) is 0 Å². The molecule has 3 aromatic rings. The highest BCUT2D eigenvalue weighted by molar-refractivity contribution is 14.1. The summed E-state index contributed by atoms with van der Waals surface area (Å²) in [7, 11) is 0. The van der Waals surface area contributed by atoms with E-state index in [-0.39, 0.29) is 12.3 Å². The van der Waals surface area contributed by atoms with E-state index >= 15 is 0 Å². The van der Waals surface area contributed by atoms with Crippen molar-refractivity contribution in [1.82, 2.24) is 0 Å². The number of nitro benzene ring substituents is 1. The molecule has 1 N–H and O–H groups in total. The number of hydrazone groups is 1. The van der Waals surface area contributed by atoms with Crippen LogP contribution in [0.1, 0.15) is 16.7 Å². The van der Waals surface area contributed by atoms with Gasteiger partial charge in [0.1, 0.15) is 12.4 Å². The van der Waals surface area contributed by atoms with Gasteiger partial charge in [-0.05, 0) is 74.4 Å². The average Bonchev–Trinajstić information content (AvgIpc) is 2.74. The van der Waals surface area contributed by atoms with Crippen LogP contribution in [-0.4, -0.2) is 11.1 Å². The van der Waals surface area contributed by atoms with E-state index in [0.717, 1.165) is 19.2 Å². The number of halogens is 2. The van der Waals surface area contributed by atoms with E-state index in [4.69, 9.17) is 4.74 Å². The van der Waals surface area contributed by atoms with Gasteiger partial charge in [0.25, 0.3) is 5.69 Å². The SMILES string of the molecule is N#Cc1ccccc1COc1c(Br)cc(/C=N/Nc2ccc([N+](=O)[O-])cc2)cc1I. The van der Waals surface area contributed by atoms with Gasteiger partial charge in [-0.3, -0.25) is 15.5 Å². The van der Waals surface area contributed by atoms with Gasteiger partial charge in [-0.25, -0.2) is 0 Å². The van der Waals surface area contributed by atoms with Crippen LogP contribution in [0.25, 0.3) is 0 Å². The van der Waals surface area contributed by atoms with Crippen LogP contribution >= 0.6 is 38.5 Å². The van der Waals surface area contributed by atoms with Crippen molar-refractivity contribution >= 4 is 56.1 Å². The van der Waals surface area contributed by atoms with Crippen molar-refractivity contribution in [3.8, 4) is 11.8 Å². The third-order valence-electron chi connectivity index (χ3n) is 4.02. The van der Waals surface area contributed by atoms with Crippen molar-refractivity contribution in [2.45, 2.75) is 6.61 Å². The number of nitrogens with one attached hydrogen (secondary N) is 1. The molecule has 0 aromatic heterocycles. The highest BCUT2D eigenvalue weighted by Gasteiger charge is 2.10. The summed E-state index contributed by atoms with van der Waals surface area (Å²) in [4.78, 5) is 10.2. The highest BCUT2D eigenvalue weighted by Crippen LogP contribution is 2.32. The topological polar surface area (TPSA) is 101 Å². The number of hydrogen-bond donors (Lipinski definition) is 1. The molecular formula is C21H14BrIN4O3. The van der Waals surface area contributed by atoms with Crippen molar-refractivity contribution in [2.24, 2.45) is 5.10 Å². The average molecular weight is 577 g/mol. The molecule has 0 bridgehead atoms. The molecule has 3 aromatic carbocycles. The lowest BCUT2D eigenvalue weighted by molar-refractivity contribution is -0.384. The molecule has 0 saturated carbocycles. The molecular weight excluding hydrogens is 563 g/mol. The molecule has 30 heavy (non-hydrogen) atoms. The van der Waals surface area contributed by atoms with E-state index in [2.05, 4.69) is 55.1 Å². The zero-order valence-corrected chi connectivity index (χ0v) is 19.1. The number of nitrogens with zero attached hydrogens (tertiary/aromatic N) is 3. The van der Waals surface area contributed by atoms with Gasteiger partial charge >= 0.3 is 0 Å². The second-order valence-corrected chi connectivity index (χ2v) is 8.06. The van der Waals surface area contributed by atoms with E-state index in [1.165, 1.54) is 12.1 Å². The summed E-state index contributed by atoms with van der Waals surface area (Å²) in [5.74, 6) is 0.684. The summed E-state index contributed by atoms with van der Waals surface area (Å²) >= 11 is 5.70. The number of rotatable bonds is 7. The Morgan fingerprint density at radius 3 is 2.63 bits per heavy atom. The Bertz CT molecular complexity index is 1120. The lowest BCUT2D eigenvalue weighted by Crippen LogP contribution is -2.01. The fraction of sp³-hybridized carbons (Fsp3) is 0.0476. The molecule has 150 valence electrons. The first-order chi connectivity index (χ1) is 14.5. The first-order valence-electron chi connectivity index (χ1n) is 8.61. The van der Waals surface area contributed by atoms with Gasteiger partial charge in [0, 0.05) is 17.7 Å². The molecule has 0 aliphatic heterocycles. The van der Waals surface area contributed by atoms with Crippen LogP contribution < -0.4 is 10.2 Å². The summed E-state index contributed by atoms with van der Waals surface area (Å²) < 4.78 is 7.58. The van der Waals surface area contributed by atoms with E-state index in [0.29, 0.717) is 17.0 Å². The molecule has 0 aliphatic carbocycles. The van der Waals surface area contributed by atoms with E-state index in [1.54, 1.807) is 24.4 Å². The maximum atomic E-state index is 10.7. The lowest BCUT2D eigenvalue weighted by Gasteiger charge is -2.12. The molecule has 0 saturated heterocycles. The fourth-order valence-electron chi connectivity index (χ4n) is 2.54. The van der Waals surface area contributed by atoms with Crippen LogP contribution in [-0.2, 0) is 6.61 Å². The molecule has 0 radical (unpaired) electrons. The Balaban J connectivity index is 1.67. The zero-order valence-electron chi connectivity index (χ0n) is 15.4. The van der Waals surface area contributed by atoms with Crippen LogP contribution in [0.15, 0.2) is 70.2 Å². The van der Waals surface area contributed by atoms with Crippen molar-refractivity contribution in [2.75, 3.05) is 5.43 Å². The standard InChI is InChI=1S/C21H14BrIN4O3/c22-19-9-14(12-25-26-17-5-7-18(8-6-17)27(28)29)10-20(23)21(19)30-13-16-4-2-1-3-15(16)11-24/h1-10,12,26H,13H2/b25-12+.